The number of benzene rings is 1. The summed E-state index contributed by atoms with van der Waals surface area (Å²) in [5.74, 6) is -0.232. The second-order valence-corrected chi connectivity index (χ2v) is 11.3. The van der Waals surface area contributed by atoms with Crippen LogP contribution in [0.4, 0.5) is 10.7 Å². The van der Waals surface area contributed by atoms with Crippen molar-refractivity contribution >= 4 is 38.0 Å². The Bertz CT molecular complexity index is 1150. The Morgan fingerprint density at radius 1 is 1.12 bits per heavy atom. The number of carbonyl (C=O) groups is 1. The summed E-state index contributed by atoms with van der Waals surface area (Å²) < 4.78 is 29.0. The summed E-state index contributed by atoms with van der Waals surface area (Å²) in [4.78, 5) is 24.7. The van der Waals surface area contributed by atoms with E-state index < -0.39 is 14.9 Å². The molecule has 0 unspecified atom stereocenters. The van der Waals surface area contributed by atoms with Crippen LogP contribution in [-0.4, -0.2) is 25.3 Å². The fourth-order valence-electron chi connectivity index (χ4n) is 4.55. The Balaban J connectivity index is 1.69. The van der Waals surface area contributed by atoms with Crippen LogP contribution in [0.2, 0.25) is 0 Å². The number of aryl methyl sites for hydroxylation is 2. The minimum atomic E-state index is -4.11. The molecule has 2 aliphatic carbocycles. The van der Waals surface area contributed by atoms with Gasteiger partial charge in [-0.25, -0.2) is 8.42 Å². The van der Waals surface area contributed by atoms with Crippen molar-refractivity contribution in [3.05, 3.63) is 49.9 Å². The van der Waals surface area contributed by atoms with Gasteiger partial charge in [-0.2, -0.15) is 0 Å². The molecule has 0 atom stereocenters. The lowest BCUT2D eigenvalue weighted by molar-refractivity contribution is -0.385. The van der Waals surface area contributed by atoms with E-state index >= 15 is 0 Å². The zero-order chi connectivity index (χ0) is 22.9. The number of rotatable bonds is 6. The number of nitrogens with one attached hydrogen (secondary N) is 2. The maximum atomic E-state index is 13.3. The van der Waals surface area contributed by atoms with E-state index in [-0.39, 0.29) is 22.5 Å². The van der Waals surface area contributed by atoms with E-state index in [1.54, 1.807) is 6.92 Å². The molecule has 1 aromatic heterocycles. The van der Waals surface area contributed by atoms with E-state index in [0.29, 0.717) is 16.1 Å². The molecule has 1 heterocycles. The summed E-state index contributed by atoms with van der Waals surface area (Å²) in [6.07, 6.45) is 8.75. The summed E-state index contributed by atoms with van der Waals surface area (Å²) in [6, 6.07) is 3.87. The third kappa shape index (κ3) is 4.66. The normalized spacial score (nSPS) is 16.9. The zero-order valence-corrected chi connectivity index (χ0v) is 19.6. The second kappa shape index (κ2) is 9.19. The molecule has 172 valence electrons. The molecule has 0 saturated heterocycles. The van der Waals surface area contributed by atoms with Crippen LogP contribution in [0.5, 0.6) is 0 Å². The van der Waals surface area contributed by atoms with Gasteiger partial charge in [0.2, 0.25) is 0 Å². The molecule has 0 bridgehead atoms. The van der Waals surface area contributed by atoms with Crippen molar-refractivity contribution in [1.82, 2.24) is 5.32 Å². The standard InChI is InChI=1S/C22H27N3O5S2/c1-14-11-12-16(25(27)28)13-19(14)32(29,30)24-22-20(17-9-5-6-10-18(17)31-22)21(26)23-15-7-3-2-4-8-15/h11-13,15,24H,2-10H2,1H3,(H,23,26). The first-order chi connectivity index (χ1) is 15.3. The predicted molar refractivity (Wildman–Crippen MR) is 124 cm³/mol. The SMILES string of the molecule is Cc1ccc([N+](=O)[O-])cc1S(=O)(=O)Nc1sc2c(c1C(=O)NC1CCCCC1)CCCC2. The van der Waals surface area contributed by atoms with Gasteiger partial charge in [-0.15, -0.1) is 11.3 Å². The van der Waals surface area contributed by atoms with E-state index in [0.717, 1.165) is 67.9 Å². The number of amides is 1. The molecule has 10 heteroatoms. The zero-order valence-electron chi connectivity index (χ0n) is 18.0. The van der Waals surface area contributed by atoms with E-state index in [2.05, 4.69) is 10.0 Å². The van der Waals surface area contributed by atoms with Crippen LogP contribution in [0.3, 0.4) is 0 Å². The molecule has 8 nitrogen and oxygen atoms in total. The minimum absolute atomic E-state index is 0.110. The molecule has 4 rings (SSSR count). The third-order valence-corrected chi connectivity index (χ3v) is 9.07. The van der Waals surface area contributed by atoms with Gasteiger partial charge in [0.15, 0.2) is 0 Å². The number of nitro groups is 1. The number of hydrogen-bond donors (Lipinski definition) is 2. The van der Waals surface area contributed by atoms with Crippen LogP contribution in [-0.2, 0) is 22.9 Å². The number of nitrogens with zero attached hydrogens (tertiary/aromatic N) is 1. The van der Waals surface area contributed by atoms with Crippen molar-refractivity contribution < 1.29 is 18.1 Å². The van der Waals surface area contributed by atoms with E-state index in [1.807, 2.05) is 0 Å². The van der Waals surface area contributed by atoms with Gasteiger partial charge < -0.3 is 5.32 Å². The predicted octanol–water partition coefficient (Wildman–Crippen LogP) is 4.71. The first-order valence-corrected chi connectivity index (χ1v) is 13.3. The topological polar surface area (TPSA) is 118 Å². The molecule has 0 spiro atoms. The van der Waals surface area contributed by atoms with Gasteiger partial charge in [-0.1, -0.05) is 25.3 Å². The summed E-state index contributed by atoms with van der Waals surface area (Å²) in [5.41, 5.74) is 1.46. The summed E-state index contributed by atoms with van der Waals surface area (Å²) >= 11 is 1.31. The van der Waals surface area contributed by atoms with Crippen LogP contribution in [0.25, 0.3) is 0 Å². The highest BCUT2D eigenvalue weighted by Gasteiger charge is 2.30. The van der Waals surface area contributed by atoms with Gasteiger partial charge in [0.1, 0.15) is 5.00 Å². The quantitative estimate of drug-likeness (QED) is 0.461. The lowest BCUT2D eigenvalue weighted by Gasteiger charge is -2.23. The van der Waals surface area contributed by atoms with Gasteiger partial charge in [0.05, 0.1) is 15.4 Å². The molecule has 32 heavy (non-hydrogen) atoms. The van der Waals surface area contributed by atoms with E-state index in [4.69, 9.17) is 0 Å². The molecular weight excluding hydrogens is 450 g/mol. The van der Waals surface area contributed by atoms with Crippen molar-refractivity contribution in [2.45, 2.75) is 75.6 Å². The molecule has 0 aliphatic heterocycles. The van der Waals surface area contributed by atoms with Crippen LogP contribution in [0.15, 0.2) is 23.1 Å². The van der Waals surface area contributed by atoms with E-state index in [1.165, 1.54) is 29.9 Å². The first kappa shape index (κ1) is 22.7. The number of anilines is 1. The maximum Gasteiger partial charge on any atom is 0.270 e. The molecule has 2 aromatic rings. The monoisotopic (exact) mass is 477 g/mol. The third-order valence-electron chi connectivity index (χ3n) is 6.24. The summed E-state index contributed by atoms with van der Waals surface area (Å²) in [7, 11) is -4.11. The fourth-order valence-corrected chi connectivity index (χ4v) is 7.41. The van der Waals surface area contributed by atoms with Crippen molar-refractivity contribution in [3.8, 4) is 0 Å². The lowest BCUT2D eigenvalue weighted by atomic mass is 9.93. The largest absolute Gasteiger partial charge is 0.349 e. The maximum absolute atomic E-state index is 13.3. The molecule has 1 fully saturated rings. The number of thiophene rings is 1. The number of sulfonamides is 1. The summed E-state index contributed by atoms with van der Waals surface area (Å²) in [5, 5.41) is 14.6. The Kier molecular flexibility index (Phi) is 6.52. The average Bonchev–Trinajstić information content (AvgIpc) is 3.11. The molecule has 0 radical (unpaired) electrons. The number of non-ortho nitro benzene ring substituents is 1. The minimum Gasteiger partial charge on any atom is -0.349 e. The van der Waals surface area contributed by atoms with Gasteiger partial charge in [-0.3, -0.25) is 19.6 Å². The second-order valence-electron chi connectivity index (χ2n) is 8.54. The van der Waals surface area contributed by atoms with Crippen molar-refractivity contribution in [1.29, 1.82) is 0 Å². The highest BCUT2D eigenvalue weighted by molar-refractivity contribution is 7.93. The molecule has 1 amide bonds. The van der Waals surface area contributed by atoms with Crippen LogP contribution >= 0.6 is 11.3 Å². The van der Waals surface area contributed by atoms with Crippen LogP contribution in [0.1, 0.15) is 71.3 Å². The highest BCUT2D eigenvalue weighted by Crippen LogP contribution is 2.39. The molecule has 2 N–H and O–H groups in total. The van der Waals surface area contributed by atoms with Crippen molar-refractivity contribution in [2.24, 2.45) is 0 Å². The van der Waals surface area contributed by atoms with E-state index in [9.17, 15) is 23.3 Å². The molecular formula is C22H27N3O5S2. The lowest BCUT2D eigenvalue weighted by Crippen LogP contribution is -2.37. The summed E-state index contributed by atoms with van der Waals surface area (Å²) in [6.45, 7) is 1.59. The van der Waals surface area contributed by atoms with Crippen LogP contribution in [0, 0.1) is 17.0 Å². The number of carbonyl (C=O) groups excluding carboxylic acids is 1. The number of nitro benzene ring substituents is 1. The smallest absolute Gasteiger partial charge is 0.270 e. The Morgan fingerprint density at radius 3 is 2.56 bits per heavy atom. The average molecular weight is 478 g/mol. The van der Waals surface area contributed by atoms with Gasteiger partial charge in [-0.05, 0) is 56.6 Å². The molecule has 1 saturated carbocycles. The number of hydrogen-bond acceptors (Lipinski definition) is 6. The first-order valence-electron chi connectivity index (χ1n) is 11.0. The Morgan fingerprint density at radius 2 is 1.84 bits per heavy atom. The van der Waals surface area contributed by atoms with Crippen molar-refractivity contribution in [3.63, 3.8) is 0 Å². The van der Waals surface area contributed by atoms with Gasteiger partial charge >= 0.3 is 0 Å². The number of fused-ring (bicyclic) bond motifs is 1. The molecule has 1 aromatic carbocycles. The van der Waals surface area contributed by atoms with Crippen LogP contribution < -0.4 is 10.0 Å². The Hall–Kier alpha value is -2.46. The van der Waals surface area contributed by atoms with Gasteiger partial charge in [0, 0.05) is 23.1 Å². The molecule has 2 aliphatic rings. The van der Waals surface area contributed by atoms with Gasteiger partial charge in [0.25, 0.3) is 21.6 Å². The Labute approximate surface area is 191 Å². The van der Waals surface area contributed by atoms with Crippen molar-refractivity contribution in [2.75, 3.05) is 4.72 Å². The fraction of sp³-hybridized carbons (Fsp3) is 0.500. The highest BCUT2D eigenvalue weighted by atomic mass is 32.2.